The molecular formula is C23H24ClN3O3S. The number of imide groups is 1. The molecule has 4 rings (SSSR count). The van der Waals surface area contributed by atoms with Crippen LogP contribution in [0.15, 0.2) is 72.0 Å². The van der Waals surface area contributed by atoms with Crippen LogP contribution in [0, 0.1) is 0 Å². The molecule has 1 aliphatic rings. The van der Waals surface area contributed by atoms with E-state index in [1.54, 1.807) is 6.20 Å². The fourth-order valence-electron chi connectivity index (χ4n) is 3.33. The molecular weight excluding hydrogens is 434 g/mol. The number of aromatic nitrogens is 2. The normalized spacial score (nSPS) is 15.0. The molecule has 0 atom stereocenters. The van der Waals surface area contributed by atoms with Crippen LogP contribution >= 0.6 is 24.2 Å². The maximum absolute atomic E-state index is 12.5. The molecule has 2 aromatic heterocycles. The van der Waals surface area contributed by atoms with Crippen LogP contribution in [-0.4, -0.2) is 38.6 Å². The van der Waals surface area contributed by atoms with Crippen LogP contribution in [0.4, 0.5) is 4.79 Å². The van der Waals surface area contributed by atoms with Gasteiger partial charge in [0.05, 0.1) is 11.5 Å². The van der Waals surface area contributed by atoms with Gasteiger partial charge in [-0.15, -0.1) is 12.4 Å². The van der Waals surface area contributed by atoms with Crippen molar-refractivity contribution in [3.05, 3.63) is 77.6 Å². The largest absolute Gasteiger partial charge is 0.490 e. The van der Waals surface area contributed by atoms with E-state index in [0.29, 0.717) is 24.5 Å². The van der Waals surface area contributed by atoms with Crippen LogP contribution in [0.5, 0.6) is 5.75 Å². The number of pyridine rings is 1. The highest BCUT2D eigenvalue weighted by Crippen LogP contribution is 2.31. The number of fused-ring (bicyclic) bond motifs is 1. The van der Waals surface area contributed by atoms with Crippen molar-refractivity contribution in [2.24, 2.45) is 0 Å². The van der Waals surface area contributed by atoms with Crippen LogP contribution < -0.4 is 4.74 Å². The first-order chi connectivity index (χ1) is 14.7. The lowest BCUT2D eigenvalue weighted by molar-refractivity contribution is -0.122. The summed E-state index contributed by atoms with van der Waals surface area (Å²) in [5.41, 5.74) is 2.00. The molecule has 0 N–H and O–H groups in total. The van der Waals surface area contributed by atoms with Gasteiger partial charge < -0.3 is 9.14 Å². The number of amides is 2. The number of imidazole rings is 1. The van der Waals surface area contributed by atoms with E-state index in [-0.39, 0.29) is 23.6 Å². The molecule has 8 heteroatoms. The lowest BCUT2D eigenvalue weighted by Crippen LogP contribution is -2.29. The Kier molecular flexibility index (Phi) is 8.14. The number of unbranched alkanes of at least 4 members (excludes halogenated alkanes) is 1. The first kappa shape index (κ1) is 22.9. The Balaban J connectivity index is 0.00000272. The van der Waals surface area contributed by atoms with Gasteiger partial charge >= 0.3 is 0 Å². The fraction of sp³-hybridized carbons (Fsp3) is 0.261. The number of halogens is 1. The summed E-state index contributed by atoms with van der Waals surface area (Å²) >= 11 is 1.04. The van der Waals surface area contributed by atoms with Crippen molar-refractivity contribution < 1.29 is 14.3 Å². The summed E-state index contributed by atoms with van der Waals surface area (Å²) in [6.45, 7) is 0.924. The van der Waals surface area contributed by atoms with E-state index in [1.807, 2.05) is 53.2 Å². The quantitative estimate of drug-likeness (QED) is 0.329. The Morgan fingerprint density at radius 2 is 1.87 bits per heavy atom. The van der Waals surface area contributed by atoms with Gasteiger partial charge in [-0.05, 0) is 55.1 Å². The zero-order valence-electron chi connectivity index (χ0n) is 17.0. The molecule has 1 saturated heterocycles. The van der Waals surface area contributed by atoms with Crippen LogP contribution in [0.2, 0.25) is 0 Å². The van der Waals surface area contributed by atoms with E-state index in [1.165, 1.54) is 10.5 Å². The van der Waals surface area contributed by atoms with Gasteiger partial charge in [0.2, 0.25) is 0 Å². The van der Waals surface area contributed by atoms with Gasteiger partial charge in [-0.1, -0.05) is 36.4 Å². The maximum Gasteiger partial charge on any atom is 0.293 e. The molecule has 31 heavy (non-hydrogen) atoms. The number of ether oxygens (including phenoxy) is 1. The van der Waals surface area contributed by atoms with Crippen LogP contribution in [-0.2, 0) is 11.2 Å². The third-order valence-corrected chi connectivity index (χ3v) is 5.85. The lowest BCUT2D eigenvalue weighted by atomic mass is 10.1. The van der Waals surface area contributed by atoms with Crippen molar-refractivity contribution in [2.75, 3.05) is 13.2 Å². The highest BCUT2D eigenvalue weighted by molar-refractivity contribution is 8.18. The number of hydrogen-bond donors (Lipinski definition) is 0. The summed E-state index contributed by atoms with van der Waals surface area (Å²) in [6.07, 6.45) is 10.4. The first-order valence-corrected chi connectivity index (χ1v) is 10.9. The number of thioether (sulfide) groups is 1. The maximum atomic E-state index is 12.5. The second-order valence-electron chi connectivity index (χ2n) is 7.00. The number of aryl methyl sites for hydroxylation is 1. The minimum Gasteiger partial charge on any atom is -0.490 e. The van der Waals surface area contributed by atoms with Crippen molar-refractivity contribution in [1.29, 1.82) is 0 Å². The van der Waals surface area contributed by atoms with Gasteiger partial charge in [-0.2, -0.15) is 0 Å². The zero-order chi connectivity index (χ0) is 20.8. The molecule has 0 saturated carbocycles. The SMILES string of the molecule is Cl.O=C1S/C(=C/CCc2ccccc2)C(=O)N1CCCCOc1cccn2ccnc12. The predicted molar refractivity (Wildman–Crippen MR) is 125 cm³/mol. The number of rotatable bonds is 9. The van der Waals surface area contributed by atoms with Crippen LogP contribution in [0.25, 0.3) is 5.65 Å². The van der Waals surface area contributed by atoms with Crippen molar-refractivity contribution >= 4 is 41.0 Å². The molecule has 1 aliphatic heterocycles. The predicted octanol–water partition coefficient (Wildman–Crippen LogP) is 5.13. The average molecular weight is 458 g/mol. The average Bonchev–Trinajstić information content (AvgIpc) is 3.34. The van der Waals surface area contributed by atoms with E-state index < -0.39 is 0 Å². The van der Waals surface area contributed by atoms with Crippen molar-refractivity contribution in [3.63, 3.8) is 0 Å². The minimum atomic E-state index is -0.186. The van der Waals surface area contributed by atoms with E-state index in [0.717, 1.165) is 42.4 Å². The highest BCUT2D eigenvalue weighted by atomic mass is 35.5. The molecule has 0 spiro atoms. The molecule has 0 aliphatic carbocycles. The highest BCUT2D eigenvalue weighted by Gasteiger charge is 2.34. The molecule has 1 fully saturated rings. The number of nitrogens with zero attached hydrogens (tertiary/aromatic N) is 3. The topological polar surface area (TPSA) is 63.9 Å². The number of carbonyl (C=O) groups excluding carboxylic acids is 2. The summed E-state index contributed by atoms with van der Waals surface area (Å²) in [7, 11) is 0. The smallest absolute Gasteiger partial charge is 0.293 e. The molecule has 3 aromatic rings. The van der Waals surface area contributed by atoms with Crippen molar-refractivity contribution in [2.45, 2.75) is 25.7 Å². The Hall–Kier alpha value is -2.77. The minimum absolute atomic E-state index is 0. The molecule has 0 unspecified atom stereocenters. The molecule has 6 nitrogen and oxygen atoms in total. The van der Waals surface area contributed by atoms with Gasteiger partial charge in [0, 0.05) is 25.1 Å². The third-order valence-electron chi connectivity index (χ3n) is 4.90. The number of hydrogen-bond acceptors (Lipinski definition) is 5. The van der Waals surface area contributed by atoms with Gasteiger partial charge in [0.15, 0.2) is 11.4 Å². The van der Waals surface area contributed by atoms with E-state index >= 15 is 0 Å². The fourth-order valence-corrected chi connectivity index (χ4v) is 4.20. The molecule has 2 amide bonds. The number of carbonyl (C=O) groups is 2. The Morgan fingerprint density at radius 3 is 2.71 bits per heavy atom. The summed E-state index contributed by atoms with van der Waals surface area (Å²) in [6, 6.07) is 13.9. The molecule has 0 radical (unpaired) electrons. The third kappa shape index (κ3) is 5.68. The second kappa shape index (κ2) is 11.0. The number of allylic oxidation sites excluding steroid dienone is 1. The van der Waals surface area contributed by atoms with Gasteiger partial charge in [-0.3, -0.25) is 14.5 Å². The van der Waals surface area contributed by atoms with Crippen molar-refractivity contribution in [1.82, 2.24) is 14.3 Å². The molecule has 162 valence electrons. The standard InChI is InChI=1S/C23H23N3O3S.ClH/c27-22-20(12-6-10-18-8-2-1-3-9-18)30-23(28)26(22)15-4-5-17-29-19-11-7-14-25-16-13-24-21(19)25;/h1-3,7-9,11-14,16H,4-6,10,15,17H2;1H/b20-12+;. The summed E-state index contributed by atoms with van der Waals surface area (Å²) in [5, 5.41) is -0.186. The van der Waals surface area contributed by atoms with E-state index in [9.17, 15) is 9.59 Å². The van der Waals surface area contributed by atoms with Crippen molar-refractivity contribution in [3.8, 4) is 5.75 Å². The molecule has 3 heterocycles. The zero-order valence-corrected chi connectivity index (χ0v) is 18.6. The monoisotopic (exact) mass is 457 g/mol. The van der Waals surface area contributed by atoms with Crippen LogP contribution in [0.1, 0.15) is 24.8 Å². The Labute approximate surface area is 191 Å². The summed E-state index contributed by atoms with van der Waals surface area (Å²) in [5.74, 6) is 0.552. The van der Waals surface area contributed by atoms with E-state index in [2.05, 4.69) is 17.1 Å². The molecule has 0 bridgehead atoms. The Bertz CT molecular complexity index is 1070. The first-order valence-electron chi connectivity index (χ1n) is 10.0. The lowest BCUT2D eigenvalue weighted by Gasteiger charge is -2.12. The Morgan fingerprint density at radius 1 is 1.03 bits per heavy atom. The van der Waals surface area contributed by atoms with Gasteiger partial charge in [0.1, 0.15) is 0 Å². The summed E-state index contributed by atoms with van der Waals surface area (Å²) in [4.78, 5) is 30.9. The molecule has 1 aromatic carbocycles. The second-order valence-corrected chi connectivity index (χ2v) is 8.00. The number of benzene rings is 1. The van der Waals surface area contributed by atoms with E-state index in [4.69, 9.17) is 4.74 Å². The van der Waals surface area contributed by atoms with Gasteiger partial charge in [0.25, 0.3) is 11.1 Å². The van der Waals surface area contributed by atoms with Crippen LogP contribution in [0.3, 0.4) is 0 Å². The summed E-state index contributed by atoms with van der Waals surface area (Å²) < 4.78 is 7.73. The van der Waals surface area contributed by atoms with Gasteiger partial charge in [-0.25, -0.2) is 4.98 Å².